The fraction of sp³-hybridized carbons (Fsp3) is 0.533. The summed E-state index contributed by atoms with van der Waals surface area (Å²) in [6.07, 6.45) is 2.36. The van der Waals surface area contributed by atoms with E-state index >= 15 is 0 Å². The van der Waals surface area contributed by atoms with E-state index in [0.717, 1.165) is 13.1 Å². The molecule has 0 saturated carbocycles. The molecule has 0 radical (unpaired) electrons. The Morgan fingerprint density at radius 2 is 1.89 bits per heavy atom. The van der Waals surface area contributed by atoms with Gasteiger partial charge in [-0.25, -0.2) is 0 Å². The lowest BCUT2D eigenvalue weighted by molar-refractivity contribution is 0.130. The zero-order chi connectivity index (χ0) is 13.8. The van der Waals surface area contributed by atoms with Crippen LogP contribution < -0.4 is 5.73 Å². The molecule has 0 aliphatic carbocycles. The molecular formula is C15H23N3S. The standard InChI is InChI=1S/C15H23N3S/c1-17-10-8-13(9-11-17)18(2)14(15(16)19)12-6-4-3-5-7-12/h3-7,13-14H,8-11H2,1-2H3,(H2,16,19). The first-order chi connectivity index (χ1) is 9.09. The fourth-order valence-corrected chi connectivity index (χ4v) is 3.15. The first-order valence-corrected chi connectivity index (χ1v) is 7.25. The van der Waals surface area contributed by atoms with Crippen molar-refractivity contribution in [3.8, 4) is 0 Å². The quantitative estimate of drug-likeness (QED) is 0.854. The minimum atomic E-state index is 0.0459. The van der Waals surface area contributed by atoms with Crippen LogP contribution in [0.5, 0.6) is 0 Å². The Hall–Kier alpha value is -0.970. The molecule has 2 rings (SSSR count). The molecule has 1 aliphatic heterocycles. The van der Waals surface area contributed by atoms with Gasteiger partial charge in [-0.1, -0.05) is 42.5 Å². The van der Waals surface area contributed by atoms with Crippen molar-refractivity contribution in [2.45, 2.75) is 24.9 Å². The fourth-order valence-electron chi connectivity index (χ4n) is 2.85. The van der Waals surface area contributed by atoms with Gasteiger partial charge in [0.1, 0.15) is 0 Å². The highest BCUT2D eigenvalue weighted by molar-refractivity contribution is 7.80. The molecular weight excluding hydrogens is 254 g/mol. The highest BCUT2D eigenvalue weighted by Gasteiger charge is 2.28. The van der Waals surface area contributed by atoms with Crippen LogP contribution in [0.3, 0.4) is 0 Å². The van der Waals surface area contributed by atoms with Crippen LogP contribution >= 0.6 is 12.2 Å². The number of benzene rings is 1. The summed E-state index contributed by atoms with van der Waals surface area (Å²) in [5, 5.41) is 0. The zero-order valence-corrected chi connectivity index (χ0v) is 12.6. The Morgan fingerprint density at radius 1 is 1.32 bits per heavy atom. The van der Waals surface area contributed by atoms with Crippen LogP contribution in [-0.2, 0) is 0 Å². The maximum absolute atomic E-state index is 5.98. The van der Waals surface area contributed by atoms with Crippen molar-refractivity contribution in [2.24, 2.45) is 5.73 Å². The van der Waals surface area contributed by atoms with Crippen LogP contribution in [0.2, 0.25) is 0 Å². The molecule has 0 aromatic heterocycles. The highest BCUT2D eigenvalue weighted by Crippen LogP contribution is 2.26. The van der Waals surface area contributed by atoms with Gasteiger partial charge in [-0.15, -0.1) is 0 Å². The summed E-state index contributed by atoms with van der Waals surface area (Å²) in [6.45, 7) is 2.29. The van der Waals surface area contributed by atoms with Gasteiger partial charge >= 0.3 is 0 Å². The molecule has 1 unspecified atom stereocenters. The largest absolute Gasteiger partial charge is 0.392 e. The number of hydrogen-bond acceptors (Lipinski definition) is 3. The lowest BCUT2D eigenvalue weighted by atomic mass is 9.98. The summed E-state index contributed by atoms with van der Waals surface area (Å²) in [7, 11) is 4.32. The number of thiocarbonyl (C=S) groups is 1. The molecule has 1 atom stereocenters. The van der Waals surface area contributed by atoms with Crippen LogP contribution in [-0.4, -0.2) is 48.0 Å². The minimum Gasteiger partial charge on any atom is -0.392 e. The van der Waals surface area contributed by atoms with Gasteiger partial charge in [-0.05, 0) is 45.6 Å². The molecule has 1 saturated heterocycles. The van der Waals surface area contributed by atoms with Crippen molar-refractivity contribution in [2.75, 3.05) is 27.2 Å². The summed E-state index contributed by atoms with van der Waals surface area (Å²) >= 11 is 5.29. The van der Waals surface area contributed by atoms with E-state index in [4.69, 9.17) is 18.0 Å². The first-order valence-electron chi connectivity index (χ1n) is 6.84. The second-order valence-electron chi connectivity index (χ2n) is 5.42. The number of piperidine rings is 1. The van der Waals surface area contributed by atoms with E-state index in [1.165, 1.54) is 18.4 Å². The predicted octanol–water partition coefficient (Wildman–Crippen LogP) is 2.04. The Bertz CT molecular complexity index is 413. The average molecular weight is 277 g/mol. The SMILES string of the molecule is CN1CCC(N(C)C(C(N)=S)c2ccccc2)CC1. The van der Waals surface area contributed by atoms with Crippen molar-refractivity contribution in [1.29, 1.82) is 0 Å². The lowest BCUT2D eigenvalue weighted by Gasteiger charge is -2.39. The second-order valence-corrected chi connectivity index (χ2v) is 5.89. The van der Waals surface area contributed by atoms with Gasteiger partial charge in [0, 0.05) is 6.04 Å². The molecule has 2 N–H and O–H groups in total. The summed E-state index contributed by atoms with van der Waals surface area (Å²) in [5.41, 5.74) is 7.17. The number of likely N-dealkylation sites (tertiary alicyclic amines) is 1. The van der Waals surface area contributed by atoms with Crippen LogP contribution in [0.4, 0.5) is 0 Å². The van der Waals surface area contributed by atoms with E-state index in [-0.39, 0.29) is 6.04 Å². The Balaban J connectivity index is 2.13. The van der Waals surface area contributed by atoms with Crippen LogP contribution in [0, 0.1) is 0 Å². The van der Waals surface area contributed by atoms with Crippen LogP contribution in [0.1, 0.15) is 24.4 Å². The number of likely N-dealkylation sites (N-methyl/N-ethyl adjacent to an activating group) is 1. The van der Waals surface area contributed by atoms with E-state index < -0.39 is 0 Å². The van der Waals surface area contributed by atoms with Crippen molar-refractivity contribution in [1.82, 2.24) is 9.80 Å². The lowest BCUT2D eigenvalue weighted by Crippen LogP contribution is -2.46. The Kier molecular flexibility index (Phi) is 4.91. The van der Waals surface area contributed by atoms with E-state index in [0.29, 0.717) is 11.0 Å². The molecule has 0 bridgehead atoms. The van der Waals surface area contributed by atoms with E-state index in [9.17, 15) is 0 Å². The molecule has 1 fully saturated rings. The maximum Gasteiger partial charge on any atom is 0.0948 e. The minimum absolute atomic E-state index is 0.0459. The smallest absolute Gasteiger partial charge is 0.0948 e. The average Bonchev–Trinajstić information content (AvgIpc) is 2.40. The molecule has 3 nitrogen and oxygen atoms in total. The van der Waals surface area contributed by atoms with Crippen molar-refractivity contribution in [3.63, 3.8) is 0 Å². The van der Waals surface area contributed by atoms with Gasteiger partial charge in [0.15, 0.2) is 0 Å². The predicted molar refractivity (Wildman–Crippen MR) is 84.3 cm³/mol. The number of nitrogens with two attached hydrogens (primary N) is 1. The molecule has 19 heavy (non-hydrogen) atoms. The molecule has 104 valence electrons. The Labute approximate surface area is 121 Å². The van der Waals surface area contributed by atoms with Gasteiger partial charge in [0.05, 0.1) is 11.0 Å². The summed E-state index contributed by atoms with van der Waals surface area (Å²) in [4.78, 5) is 5.29. The molecule has 1 heterocycles. The second kappa shape index (κ2) is 6.46. The molecule has 0 amide bonds. The highest BCUT2D eigenvalue weighted by atomic mass is 32.1. The van der Waals surface area contributed by atoms with Gasteiger partial charge in [0.2, 0.25) is 0 Å². The first kappa shape index (κ1) is 14.4. The van der Waals surface area contributed by atoms with Gasteiger partial charge in [-0.3, -0.25) is 4.90 Å². The molecule has 0 spiro atoms. The number of nitrogens with zero attached hydrogens (tertiary/aromatic N) is 2. The summed E-state index contributed by atoms with van der Waals surface area (Å²) in [5.74, 6) is 0. The summed E-state index contributed by atoms with van der Waals surface area (Å²) < 4.78 is 0. The third-order valence-electron chi connectivity index (χ3n) is 4.06. The van der Waals surface area contributed by atoms with Crippen LogP contribution in [0.25, 0.3) is 0 Å². The van der Waals surface area contributed by atoms with Crippen molar-refractivity contribution in [3.05, 3.63) is 35.9 Å². The van der Waals surface area contributed by atoms with Gasteiger partial charge in [-0.2, -0.15) is 0 Å². The normalized spacial score (nSPS) is 19.5. The molecule has 1 aliphatic rings. The summed E-state index contributed by atoms with van der Waals surface area (Å²) in [6, 6.07) is 10.9. The number of rotatable bonds is 4. The van der Waals surface area contributed by atoms with Gasteiger partial charge in [0.25, 0.3) is 0 Å². The topological polar surface area (TPSA) is 32.5 Å². The van der Waals surface area contributed by atoms with E-state index in [2.05, 4.69) is 36.0 Å². The van der Waals surface area contributed by atoms with E-state index in [1.807, 2.05) is 18.2 Å². The number of hydrogen-bond donors (Lipinski definition) is 1. The monoisotopic (exact) mass is 277 g/mol. The Morgan fingerprint density at radius 3 is 2.42 bits per heavy atom. The third-order valence-corrected chi connectivity index (χ3v) is 4.28. The van der Waals surface area contributed by atoms with Gasteiger partial charge < -0.3 is 10.6 Å². The molecule has 1 aromatic rings. The zero-order valence-electron chi connectivity index (χ0n) is 11.7. The van der Waals surface area contributed by atoms with E-state index in [1.54, 1.807) is 0 Å². The van der Waals surface area contributed by atoms with Crippen LogP contribution in [0.15, 0.2) is 30.3 Å². The van der Waals surface area contributed by atoms with Crippen molar-refractivity contribution >= 4 is 17.2 Å². The van der Waals surface area contributed by atoms with Crippen molar-refractivity contribution < 1.29 is 0 Å². The molecule has 4 heteroatoms. The maximum atomic E-state index is 5.98. The third kappa shape index (κ3) is 3.53. The molecule has 1 aromatic carbocycles.